The zero-order chi connectivity index (χ0) is 47.7. The number of rotatable bonds is 42. The third-order valence-electron chi connectivity index (χ3n) is 13.6. The van der Waals surface area contributed by atoms with E-state index < -0.39 is 6.10 Å². The molecule has 2 aliphatic rings. The average molecular weight is 926 g/mol. The van der Waals surface area contributed by atoms with Gasteiger partial charge in [0, 0.05) is 31.7 Å². The molecule has 1 aliphatic heterocycles. The highest BCUT2D eigenvalue weighted by Crippen LogP contribution is 2.40. The summed E-state index contributed by atoms with van der Waals surface area (Å²) >= 11 is 0. The summed E-state index contributed by atoms with van der Waals surface area (Å²) in [6.45, 7) is 7.91. The van der Waals surface area contributed by atoms with Crippen molar-refractivity contribution >= 4 is 23.9 Å². The fourth-order valence-electron chi connectivity index (χ4n) is 9.40. The van der Waals surface area contributed by atoms with E-state index in [4.69, 9.17) is 18.9 Å². The van der Waals surface area contributed by atoms with Crippen LogP contribution in [-0.2, 0) is 38.1 Å². The molecule has 0 aromatic carbocycles. The molecule has 0 N–H and O–H groups in total. The first-order valence-electron chi connectivity index (χ1n) is 27.6. The van der Waals surface area contributed by atoms with Gasteiger partial charge in [-0.2, -0.15) is 0 Å². The summed E-state index contributed by atoms with van der Waals surface area (Å²) in [5.74, 6) is -1.26. The number of unbranched alkanes of at least 4 members (excludes halogenated alkanes) is 22. The number of likely N-dealkylation sites (tertiary alicyclic amines) is 1. The first-order valence-corrected chi connectivity index (χ1v) is 27.6. The van der Waals surface area contributed by atoms with Gasteiger partial charge in [-0.1, -0.05) is 160 Å². The Bertz CT molecular complexity index is 1330. The van der Waals surface area contributed by atoms with Crippen LogP contribution in [0.2, 0.25) is 0 Å². The van der Waals surface area contributed by atoms with Crippen molar-refractivity contribution in [2.24, 2.45) is 17.8 Å². The standard InChI is InChI=1S/C57H99NO8/c1-5-8-11-13-15-17-19-21-23-25-27-29-31-33-36-39-54(59)63-47-51(65-55(60)40-37-34-32-30-28-26-24-22-20-18-16-14-12-9-6-2)48-64-56(61)45-49-41-42-53(52(49)38-35-10-7-3)66-57(62)50-43-44-58(4)46-50/h10,21-24,35,49-53H,5-9,11-20,25-34,36-48H2,1-4H3/b23-21-,24-22-,35-10-. The molecule has 1 saturated carbocycles. The topological polar surface area (TPSA) is 108 Å². The zero-order valence-corrected chi connectivity index (χ0v) is 42.9. The first-order chi connectivity index (χ1) is 32.3. The fourth-order valence-corrected chi connectivity index (χ4v) is 9.40. The van der Waals surface area contributed by atoms with Crippen molar-refractivity contribution in [3.05, 3.63) is 36.5 Å². The van der Waals surface area contributed by atoms with Crippen LogP contribution in [0.1, 0.15) is 239 Å². The molecular weight excluding hydrogens is 827 g/mol. The normalized spacial score (nSPS) is 19.3. The van der Waals surface area contributed by atoms with Gasteiger partial charge in [0.2, 0.25) is 0 Å². The minimum Gasteiger partial charge on any atom is -0.462 e. The molecule has 0 aromatic heterocycles. The summed E-state index contributed by atoms with van der Waals surface area (Å²) < 4.78 is 23.3. The molecule has 9 nitrogen and oxygen atoms in total. The third-order valence-corrected chi connectivity index (χ3v) is 13.6. The quantitative estimate of drug-likeness (QED) is 0.0256. The predicted molar refractivity (Wildman–Crippen MR) is 271 cm³/mol. The monoisotopic (exact) mass is 926 g/mol. The van der Waals surface area contributed by atoms with Gasteiger partial charge in [0.05, 0.1) is 5.92 Å². The molecular formula is C57H99NO8. The number of nitrogens with zero attached hydrogens (tertiary/aromatic N) is 1. The van der Waals surface area contributed by atoms with Crippen LogP contribution in [0.3, 0.4) is 0 Å². The van der Waals surface area contributed by atoms with Gasteiger partial charge in [-0.25, -0.2) is 0 Å². The maximum atomic E-state index is 13.4. The van der Waals surface area contributed by atoms with E-state index >= 15 is 0 Å². The molecule has 0 radical (unpaired) electrons. The molecule has 2 rings (SSSR count). The van der Waals surface area contributed by atoms with Crippen molar-refractivity contribution in [3.8, 4) is 0 Å². The number of hydrogen-bond donors (Lipinski definition) is 0. The number of allylic oxidation sites excluding steroid dienone is 6. The molecule has 5 unspecified atom stereocenters. The van der Waals surface area contributed by atoms with E-state index in [1.165, 1.54) is 96.3 Å². The maximum Gasteiger partial charge on any atom is 0.310 e. The predicted octanol–water partition coefficient (Wildman–Crippen LogP) is 14.7. The van der Waals surface area contributed by atoms with E-state index in [1.54, 1.807) is 0 Å². The molecule has 2 fully saturated rings. The lowest BCUT2D eigenvalue weighted by Gasteiger charge is -2.25. The number of esters is 4. The highest BCUT2D eigenvalue weighted by Gasteiger charge is 2.40. The number of hydrogen-bond acceptors (Lipinski definition) is 9. The first kappa shape index (κ1) is 59.2. The Hall–Kier alpha value is -2.94. The van der Waals surface area contributed by atoms with Gasteiger partial charge in [-0.3, -0.25) is 19.2 Å². The molecule has 0 amide bonds. The van der Waals surface area contributed by atoms with Gasteiger partial charge in [0.25, 0.3) is 0 Å². The summed E-state index contributed by atoms with van der Waals surface area (Å²) in [7, 11) is 2.03. The average Bonchev–Trinajstić information content (AvgIpc) is 3.92. The Morgan fingerprint density at radius 1 is 0.545 bits per heavy atom. The lowest BCUT2D eigenvalue weighted by molar-refractivity contribution is -0.167. The summed E-state index contributed by atoms with van der Waals surface area (Å²) in [4.78, 5) is 54.4. The van der Waals surface area contributed by atoms with Crippen LogP contribution >= 0.6 is 0 Å². The molecule has 380 valence electrons. The van der Waals surface area contributed by atoms with Gasteiger partial charge in [0.1, 0.15) is 19.3 Å². The molecule has 1 saturated heterocycles. The third kappa shape index (κ3) is 31.2. The molecule has 5 atom stereocenters. The van der Waals surface area contributed by atoms with Crippen molar-refractivity contribution in [2.75, 3.05) is 33.4 Å². The largest absolute Gasteiger partial charge is 0.462 e. The van der Waals surface area contributed by atoms with E-state index in [0.29, 0.717) is 6.42 Å². The van der Waals surface area contributed by atoms with Crippen LogP contribution in [0.5, 0.6) is 0 Å². The highest BCUT2D eigenvalue weighted by molar-refractivity contribution is 5.73. The van der Waals surface area contributed by atoms with Crippen molar-refractivity contribution in [1.29, 1.82) is 0 Å². The van der Waals surface area contributed by atoms with Crippen molar-refractivity contribution in [1.82, 2.24) is 4.90 Å². The molecule has 0 spiro atoms. The van der Waals surface area contributed by atoms with E-state index in [1.807, 2.05) is 7.05 Å². The summed E-state index contributed by atoms with van der Waals surface area (Å²) in [6.07, 6.45) is 48.0. The Morgan fingerprint density at radius 3 is 1.53 bits per heavy atom. The summed E-state index contributed by atoms with van der Waals surface area (Å²) in [5, 5.41) is 0. The van der Waals surface area contributed by atoms with Gasteiger partial charge < -0.3 is 23.8 Å². The lowest BCUT2D eigenvalue weighted by Crippen LogP contribution is -2.32. The van der Waals surface area contributed by atoms with E-state index in [2.05, 4.69) is 62.1 Å². The van der Waals surface area contributed by atoms with Crippen LogP contribution in [-0.4, -0.2) is 74.3 Å². The second-order valence-corrected chi connectivity index (χ2v) is 19.7. The van der Waals surface area contributed by atoms with Gasteiger partial charge in [0.15, 0.2) is 6.10 Å². The van der Waals surface area contributed by atoms with Crippen LogP contribution in [0, 0.1) is 17.8 Å². The van der Waals surface area contributed by atoms with E-state index in [9.17, 15) is 19.2 Å². The van der Waals surface area contributed by atoms with Crippen molar-refractivity contribution in [2.45, 2.75) is 251 Å². The molecule has 0 bridgehead atoms. The maximum absolute atomic E-state index is 13.4. The van der Waals surface area contributed by atoms with Gasteiger partial charge in [-0.05, 0) is 116 Å². The smallest absolute Gasteiger partial charge is 0.310 e. The minimum absolute atomic E-state index is 0.00869. The van der Waals surface area contributed by atoms with E-state index in [-0.39, 0.29) is 73.8 Å². The van der Waals surface area contributed by atoms with Crippen LogP contribution in [0.15, 0.2) is 36.5 Å². The van der Waals surface area contributed by atoms with E-state index in [0.717, 1.165) is 116 Å². The Balaban J connectivity index is 1.78. The number of carbonyl (C=O) groups excluding carboxylic acids is 4. The summed E-state index contributed by atoms with van der Waals surface area (Å²) in [5.41, 5.74) is 0. The Kier molecular flexibility index (Phi) is 36.8. The van der Waals surface area contributed by atoms with Crippen LogP contribution in [0.4, 0.5) is 0 Å². The molecule has 1 aliphatic carbocycles. The van der Waals surface area contributed by atoms with Gasteiger partial charge >= 0.3 is 23.9 Å². The van der Waals surface area contributed by atoms with Crippen molar-refractivity contribution < 1.29 is 38.1 Å². The zero-order valence-electron chi connectivity index (χ0n) is 42.9. The SMILES string of the molecule is CC/C=C\CC1C(CC(=O)OCC(COC(=O)CCCCCCC/C=C\CCCCCCCC)OC(=O)CCCCCCC/C=C\CCCCCCCC)CCC1OC(=O)C1CCN(C)C1. The summed E-state index contributed by atoms with van der Waals surface area (Å²) in [6, 6.07) is 0. The van der Waals surface area contributed by atoms with Crippen molar-refractivity contribution in [3.63, 3.8) is 0 Å². The molecule has 0 aromatic rings. The molecule has 1 heterocycles. The second-order valence-electron chi connectivity index (χ2n) is 19.7. The number of ether oxygens (including phenoxy) is 4. The minimum atomic E-state index is -0.868. The van der Waals surface area contributed by atoms with Gasteiger partial charge in [-0.15, -0.1) is 0 Å². The number of carbonyl (C=O) groups is 4. The fraction of sp³-hybridized carbons (Fsp3) is 0.825. The Labute approximate surface area is 404 Å². The lowest BCUT2D eigenvalue weighted by atomic mass is 9.88. The van der Waals surface area contributed by atoms with Crippen LogP contribution < -0.4 is 0 Å². The molecule has 66 heavy (non-hydrogen) atoms. The second kappa shape index (κ2) is 41.1. The van der Waals surface area contributed by atoms with Crippen LogP contribution in [0.25, 0.3) is 0 Å². The highest BCUT2D eigenvalue weighted by atomic mass is 16.6. The molecule has 9 heteroatoms. The Morgan fingerprint density at radius 2 is 1.03 bits per heavy atom.